The van der Waals surface area contributed by atoms with E-state index in [0.717, 1.165) is 17.7 Å². The highest BCUT2D eigenvalue weighted by Crippen LogP contribution is 2.32. The fourth-order valence-corrected chi connectivity index (χ4v) is 2.48. The van der Waals surface area contributed by atoms with E-state index < -0.39 is 11.7 Å². The van der Waals surface area contributed by atoms with Gasteiger partial charge in [0.15, 0.2) is 0 Å². The van der Waals surface area contributed by atoms with Crippen LogP contribution in [-0.4, -0.2) is 12.5 Å². The number of alkyl halides is 3. The van der Waals surface area contributed by atoms with E-state index in [1.807, 2.05) is 0 Å². The topological polar surface area (TPSA) is 29.1 Å². The summed E-state index contributed by atoms with van der Waals surface area (Å²) in [6.45, 7) is 0.553. The number of rotatable bonds is 1. The van der Waals surface area contributed by atoms with Crippen molar-refractivity contribution in [1.29, 1.82) is 0 Å². The summed E-state index contributed by atoms with van der Waals surface area (Å²) in [7, 11) is 0. The summed E-state index contributed by atoms with van der Waals surface area (Å²) in [5, 5.41) is 2.74. The summed E-state index contributed by atoms with van der Waals surface area (Å²) in [4.78, 5) is 11.7. The highest BCUT2D eigenvalue weighted by atomic mass is 19.4. The van der Waals surface area contributed by atoms with E-state index in [4.69, 9.17) is 0 Å². The molecule has 21 heavy (non-hydrogen) atoms. The summed E-state index contributed by atoms with van der Waals surface area (Å²) in [5.74, 6) is -0.133. The van der Waals surface area contributed by atoms with Gasteiger partial charge in [-0.25, -0.2) is 0 Å². The van der Waals surface area contributed by atoms with Crippen LogP contribution in [0.15, 0.2) is 42.5 Å². The van der Waals surface area contributed by atoms with Gasteiger partial charge in [-0.3, -0.25) is 4.79 Å². The lowest BCUT2D eigenvalue weighted by molar-refractivity contribution is -0.137. The normalized spacial score (nSPS) is 14.5. The third kappa shape index (κ3) is 2.63. The van der Waals surface area contributed by atoms with Gasteiger partial charge in [0.25, 0.3) is 5.91 Å². The second kappa shape index (κ2) is 4.91. The van der Waals surface area contributed by atoms with E-state index in [9.17, 15) is 18.0 Å². The van der Waals surface area contributed by atoms with E-state index in [1.165, 1.54) is 6.07 Å². The van der Waals surface area contributed by atoms with Crippen molar-refractivity contribution in [3.8, 4) is 11.1 Å². The van der Waals surface area contributed by atoms with Gasteiger partial charge < -0.3 is 5.32 Å². The lowest BCUT2D eigenvalue weighted by atomic mass is 9.94. The van der Waals surface area contributed by atoms with Crippen molar-refractivity contribution < 1.29 is 18.0 Å². The molecule has 5 heteroatoms. The van der Waals surface area contributed by atoms with Gasteiger partial charge in [0.1, 0.15) is 0 Å². The van der Waals surface area contributed by atoms with Crippen LogP contribution in [0.1, 0.15) is 21.5 Å². The number of hydrogen-bond donors (Lipinski definition) is 1. The Kier molecular flexibility index (Phi) is 3.20. The maximum Gasteiger partial charge on any atom is 0.416 e. The molecule has 0 fully saturated rings. The SMILES string of the molecule is O=C1NCCc2cc(-c3cccc(C(F)(F)F)c3)ccc21. The molecule has 1 amide bonds. The number of halogens is 3. The lowest BCUT2D eigenvalue weighted by Gasteiger charge is -2.17. The van der Waals surface area contributed by atoms with E-state index in [-0.39, 0.29) is 5.91 Å². The number of benzene rings is 2. The number of carbonyl (C=O) groups is 1. The molecule has 1 aliphatic heterocycles. The second-order valence-corrected chi connectivity index (χ2v) is 4.96. The van der Waals surface area contributed by atoms with E-state index in [2.05, 4.69) is 5.32 Å². The smallest absolute Gasteiger partial charge is 0.352 e. The molecule has 0 spiro atoms. The Morgan fingerprint density at radius 2 is 1.76 bits per heavy atom. The van der Waals surface area contributed by atoms with Crippen molar-refractivity contribution in [2.24, 2.45) is 0 Å². The standard InChI is InChI=1S/C16H12F3NO/c17-16(18,19)13-3-1-2-10(9-13)11-4-5-14-12(8-11)6-7-20-15(14)21/h1-5,8-9H,6-7H2,(H,20,21). The molecule has 108 valence electrons. The predicted octanol–water partition coefficient (Wildman–Crippen LogP) is 3.66. The molecular weight excluding hydrogens is 279 g/mol. The number of carbonyl (C=O) groups excluding carboxylic acids is 1. The first-order chi connectivity index (χ1) is 9.95. The molecule has 3 rings (SSSR count). The molecule has 0 saturated heterocycles. The predicted molar refractivity (Wildman–Crippen MR) is 72.9 cm³/mol. The van der Waals surface area contributed by atoms with Gasteiger partial charge in [-0.05, 0) is 41.3 Å². The Morgan fingerprint density at radius 3 is 2.52 bits per heavy atom. The minimum atomic E-state index is -4.36. The van der Waals surface area contributed by atoms with E-state index in [1.54, 1.807) is 24.3 Å². The minimum absolute atomic E-state index is 0.133. The molecule has 2 nitrogen and oxygen atoms in total. The zero-order valence-electron chi connectivity index (χ0n) is 11.0. The van der Waals surface area contributed by atoms with Gasteiger partial charge >= 0.3 is 6.18 Å². The monoisotopic (exact) mass is 291 g/mol. The number of amides is 1. The van der Waals surface area contributed by atoms with Crippen LogP contribution < -0.4 is 5.32 Å². The van der Waals surface area contributed by atoms with Gasteiger partial charge in [-0.15, -0.1) is 0 Å². The summed E-state index contributed by atoms with van der Waals surface area (Å²) in [6.07, 6.45) is -3.67. The maximum atomic E-state index is 12.8. The summed E-state index contributed by atoms with van der Waals surface area (Å²) in [6, 6.07) is 10.4. The van der Waals surface area contributed by atoms with Crippen LogP contribution in [0.4, 0.5) is 13.2 Å². The first kappa shape index (κ1) is 13.7. The molecule has 1 heterocycles. The van der Waals surface area contributed by atoms with Crippen molar-refractivity contribution in [3.63, 3.8) is 0 Å². The molecular formula is C16H12F3NO. The number of hydrogen-bond acceptors (Lipinski definition) is 1. The Hall–Kier alpha value is -2.30. The fraction of sp³-hybridized carbons (Fsp3) is 0.188. The molecule has 2 aromatic carbocycles. The highest BCUT2D eigenvalue weighted by molar-refractivity contribution is 5.97. The Balaban J connectivity index is 2.03. The zero-order chi connectivity index (χ0) is 15.0. The molecule has 2 aromatic rings. The maximum absolute atomic E-state index is 12.8. The molecule has 1 aliphatic rings. The number of fused-ring (bicyclic) bond motifs is 1. The average molecular weight is 291 g/mol. The van der Waals surface area contributed by atoms with Crippen LogP contribution in [0.5, 0.6) is 0 Å². The number of nitrogens with one attached hydrogen (secondary N) is 1. The average Bonchev–Trinajstić information content (AvgIpc) is 2.46. The van der Waals surface area contributed by atoms with Crippen LogP contribution in [0, 0.1) is 0 Å². The fourth-order valence-electron chi connectivity index (χ4n) is 2.48. The van der Waals surface area contributed by atoms with Gasteiger partial charge in [-0.2, -0.15) is 13.2 Å². The molecule has 0 bridgehead atoms. The van der Waals surface area contributed by atoms with Crippen molar-refractivity contribution in [2.75, 3.05) is 6.54 Å². The molecule has 0 aliphatic carbocycles. The van der Waals surface area contributed by atoms with E-state index in [0.29, 0.717) is 29.7 Å². The lowest BCUT2D eigenvalue weighted by Crippen LogP contribution is -2.31. The van der Waals surface area contributed by atoms with Crippen molar-refractivity contribution in [2.45, 2.75) is 12.6 Å². The molecule has 0 radical (unpaired) electrons. The summed E-state index contributed by atoms with van der Waals surface area (Å²) >= 11 is 0. The second-order valence-electron chi connectivity index (χ2n) is 4.96. The van der Waals surface area contributed by atoms with Crippen molar-refractivity contribution in [3.05, 3.63) is 59.2 Å². The largest absolute Gasteiger partial charge is 0.416 e. The third-order valence-electron chi connectivity index (χ3n) is 3.55. The first-order valence-corrected chi connectivity index (χ1v) is 6.54. The van der Waals surface area contributed by atoms with Gasteiger partial charge in [0.05, 0.1) is 5.56 Å². The van der Waals surface area contributed by atoms with Gasteiger partial charge in [-0.1, -0.05) is 24.3 Å². The van der Waals surface area contributed by atoms with Crippen LogP contribution in [0.2, 0.25) is 0 Å². The van der Waals surface area contributed by atoms with Gasteiger partial charge in [0.2, 0.25) is 0 Å². The van der Waals surface area contributed by atoms with E-state index >= 15 is 0 Å². The molecule has 0 atom stereocenters. The molecule has 0 aromatic heterocycles. The van der Waals surface area contributed by atoms with Gasteiger partial charge in [0, 0.05) is 12.1 Å². The molecule has 0 unspecified atom stereocenters. The Labute approximate surface area is 119 Å². The summed E-state index contributed by atoms with van der Waals surface area (Å²) in [5.41, 5.74) is 1.98. The Bertz CT molecular complexity index is 707. The van der Waals surface area contributed by atoms with Crippen molar-refractivity contribution in [1.82, 2.24) is 5.32 Å². The van der Waals surface area contributed by atoms with Crippen LogP contribution >= 0.6 is 0 Å². The van der Waals surface area contributed by atoms with Crippen LogP contribution in [-0.2, 0) is 12.6 Å². The first-order valence-electron chi connectivity index (χ1n) is 6.54. The molecule has 0 saturated carbocycles. The van der Waals surface area contributed by atoms with Crippen LogP contribution in [0.25, 0.3) is 11.1 Å². The molecule has 1 N–H and O–H groups in total. The summed E-state index contributed by atoms with van der Waals surface area (Å²) < 4.78 is 38.3. The van der Waals surface area contributed by atoms with Crippen molar-refractivity contribution >= 4 is 5.91 Å². The highest BCUT2D eigenvalue weighted by Gasteiger charge is 2.30. The quantitative estimate of drug-likeness (QED) is 0.853. The van der Waals surface area contributed by atoms with Crippen LogP contribution in [0.3, 0.4) is 0 Å². The minimum Gasteiger partial charge on any atom is -0.352 e. The Morgan fingerprint density at radius 1 is 1.00 bits per heavy atom. The zero-order valence-corrected chi connectivity index (χ0v) is 11.0. The third-order valence-corrected chi connectivity index (χ3v) is 3.55.